The fourth-order valence-electron chi connectivity index (χ4n) is 1.91. The van der Waals surface area contributed by atoms with Gasteiger partial charge in [0, 0.05) is 32.6 Å². The molecule has 0 radical (unpaired) electrons. The van der Waals surface area contributed by atoms with Crippen LogP contribution in [-0.4, -0.2) is 48.9 Å². The fraction of sp³-hybridized carbons (Fsp3) is 0.583. The number of hydrogen-bond donors (Lipinski definition) is 2. The summed E-state index contributed by atoms with van der Waals surface area (Å²) in [7, 11) is 2.12. The molecule has 1 aliphatic rings. The number of carbonyl (C=O) groups is 1. The smallest absolute Gasteiger partial charge is 0.174 e. The number of hydrazine groups is 1. The second-order valence-electron chi connectivity index (χ2n) is 4.57. The van der Waals surface area contributed by atoms with Crippen molar-refractivity contribution >= 4 is 27.8 Å². The van der Waals surface area contributed by atoms with Crippen LogP contribution in [-0.2, 0) is 0 Å². The van der Waals surface area contributed by atoms with Crippen molar-refractivity contribution in [3.63, 3.8) is 0 Å². The van der Waals surface area contributed by atoms with Gasteiger partial charge in [0.15, 0.2) is 5.78 Å². The molecule has 18 heavy (non-hydrogen) atoms. The molecule has 0 bridgehead atoms. The van der Waals surface area contributed by atoms with Crippen molar-refractivity contribution in [2.24, 2.45) is 0 Å². The van der Waals surface area contributed by atoms with Crippen LogP contribution in [0, 0.1) is 0 Å². The molecule has 1 aliphatic heterocycles. The molecular formula is C12H20N4OS. The Hall–Kier alpha value is -1.11. The number of piperazine rings is 1. The molecule has 5 nitrogen and oxygen atoms in total. The van der Waals surface area contributed by atoms with Gasteiger partial charge in [-0.25, -0.2) is 5.01 Å². The zero-order valence-corrected chi connectivity index (χ0v) is 11.7. The number of nitrogens with two attached hydrogens (primary N) is 1. The number of ketones is 1. The normalized spacial score (nSPS) is 17.9. The Morgan fingerprint density at radius 1 is 1.44 bits per heavy atom. The van der Waals surface area contributed by atoms with E-state index in [2.05, 4.69) is 22.4 Å². The first kappa shape index (κ1) is 13.3. The second-order valence-corrected chi connectivity index (χ2v) is 5.63. The van der Waals surface area contributed by atoms with Crippen LogP contribution in [0.1, 0.15) is 23.0 Å². The van der Waals surface area contributed by atoms with E-state index < -0.39 is 0 Å². The van der Waals surface area contributed by atoms with Gasteiger partial charge in [-0.2, -0.15) is 0 Å². The summed E-state index contributed by atoms with van der Waals surface area (Å²) in [4.78, 5) is 14.6. The van der Waals surface area contributed by atoms with Crippen LogP contribution in [0.2, 0.25) is 0 Å². The molecule has 0 amide bonds. The lowest BCUT2D eigenvalue weighted by molar-refractivity contribution is 0.0993. The third kappa shape index (κ3) is 3.01. The molecule has 1 saturated heterocycles. The standard InChI is InChI=1S/C12H20N4OS/c1-3-10(17)12-9(13)8-11(18-12)14-16-6-4-15(2)5-7-16/h8,14H,3-7,13H2,1-2H3. The number of carbonyl (C=O) groups excluding carboxylic acids is 1. The Balaban J connectivity index is 2.00. The number of nitrogens with zero attached hydrogens (tertiary/aromatic N) is 2. The van der Waals surface area contributed by atoms with Crippen molar-refractivity contribution in [2.75, 3.05) is 44.4 Å². The summed E-state index contributed by atoms with van der Waals surface area (Å²) < 4.78 is 0. The highest BCUT2D eigenvalue weighted by Crippen LogP contribution is 2.30. The van der Waals surface area contributed by atoms with E-state index >= 15 is 0 Å². The predicted octanol–water partition coefficient (Wildman–Crippen LogP) is 1.50. The summed E-state index contributed by atoms with van der Waals surface area (Å²) in [6, 6.07) is 1.85. The molecule has 1 aromatic heterocycles. The Labute approximate surface area is 112 Å². The van der Waals surface area contributed by atoms with Gasteiger partial charge in [0.05, 0.1) is 10.6 Å². The highest BCUT2D eigenvalue weighted by atomic mass is 32.1. The first-order valence-corrected chi connectivity index (χ1v) is 7.04. The van der Waals surface area contributed by atoms with Gasteiger partial charge in [0.1, 0.15) is 5.00 Å². The molecule has 6 heteroatoms. The average molecular weight is 268 g/mol. The number of hydrogen-bond acceptors (Lipinski definition) is 6. The summed E-state index contributed by atoms with van der Waals surface area (Å²) in [5.74, 6) is 0.115. The largest absolute Gasteiger partial charge is 0.397 e. The van der Waals surface area contributed by atoms with Gasteiger partial charge in [-0.05, 0) is 13.1 Å². The van der Waals surface area contributed by atoms with E-state index in [1.54, 1.807) is 0 Å². The minimum Gasteiger partial charge on any atom is -0.397 e. The van der Waals surface area contributed by atoms with E-state index in [1.165, 1.54) is 11.3 Å². The van der Waals surface area contributed by atoms with Crippen LogP contribution in [0.4, 0.5) is 10.7 Å². The van der Waals surface area contributed by atoms with Crippen LogP contribution in [0.15, 0.2) is 6.07 Å². The second kappa shape index (κ2) is 5.69. The van der Waals surface area contributed by atoms with Gasteiger partial charge >= 0.3 is 0 Å². The van der Waals surface area contributed by atoms with Crippen molar-refractivity contribution in [2.45, 2.75) is 13.3 Å². The molecule has 0 atom stereocenters. The first-order chi connectivity index (χ1) is 8.60. The highest BCUT2D eigenvalue weighted by molar-refractivity contribution is 7.18. The molecule has 0 aromatic carbocycles. The van der Waals surface area contributed by atoms with Crippen molar-refractivity contribution < 1.29 is 4.79 Å². The Bertz CT molecular complexity index is 424. The average Bonchev–Trinajstić information content (AvgIpc) is 2.72. The number of thiophene rings is 1. The number of likely N-dealkylation sites (N-methyl/N-ethyl adjacent to an activating group) is 1. The molecule has 0 saturated carbocycles. The number of rotatable bonds is 4. The maximum absolute atomic E-state index is 11.7. The predicted molar refractivity (Wildman–Crippen MR) is 76.0 cm³/mol. The minimum atomic E-state index is 0.115. The van der Waals surface area contributed by atoms with E-state index in [-0.39, 0.29) is 5.78 Å². The van der Waals surface area contributed by atoms with Crippen LogP contribution < -0.4 is 11.2 Å². The van der Waals surface area contributed by atoms with Crippen LogP contribution in [0.3, 0.4) is 0 Å². The third-order valence-corrected chi connectivity index (χ3v) is 4.20. The number of anilines is 2. The molecule has 1 aromatic rings. The number of nitrogen functional groups attached to an aromatic ring is 1. The van der Waals surface area contributed by atoms with Gasteiger partial charge in [0.25, 0.3) is 0 Å². The molecule has 2 heterocycles. The van der Waals surface area contributed by atoms with E-state index in [4.69, 9.17) is 5.73 Å². The molecular weight excluding hydrogens is 248 g/mol. The zero-order chi connectivity index (χ0) is 13.1. The summed E-state index contributed by atoms with van der Waals surface area (Å²) in [6.07, 6.45) is 0.499. The Morgan fingerprint density at radius 2 is 2.11 bits per heavy atom. The van der Waals surface area contributed by atoms with Gasteiger partial charge in [-0.15, -0.1) is 11.3 Å². The van der Waals surface area contributed by atoms with Gasteiger partial charge in [-0.1, -0.05) is 6.92 Å². The first-order valence-electron chi connectivity index (χ1n) is 6.22. The van der Waals surface area contributed by atoms with Crippen molar-refractivity contribution in [3.05, 3.63) is 10.9 Å². The summed E-state index contributed by atoms with van der Waals surface area (Å²) in [5, 5.41) is 3.12. The summed E-state index contributed by atoms with van der Waals surface area (Å²) in [5.41, 5.74) is 9.79. The van der Waals surface area contributed by atoms with Gasteiger partial charge in [-0.3, -0.25) is 4.79 Å². The SMILES string of the molecule is CCC(=O)c1sc(NN2CCN(C)CC2)cc1N. The van der Waals surface area contributed by atoms with Crippen LogP contribution in [0.25, 0.3) is 0 Å². The molecule has 0 unspecified atom stereocenters. The van der Waals surface area contributed by atoms with Crippen LogP contribution >= 0.6 is 11.3 Å². The lowest BCUT2D eigenvalue weighted by Crippen LogP contribution is -2.46. The summed E-state index contributed by atoms with van der Waals surface area (Å²) >= 11 is 1.45. The molecule has 3 N–H and O–H groups in total. The topological polar surface area (TPSA) is 61.6 Å². The molecule has 1 fully saturated rings. The maximum Gasteiger partial charge on any atom is 0.174 e. The van der Waals surface area contributed by atoms with Gasteiger partial charge in [0.2, 0.25) is 0 Å². The van der Waals surface area contributed by atoms with E-state index in [0.29, 0.717) is 17.0 Å². The van der Waals surface area contributed by atoms with E-state index in [1.807, 2.05) is 13.0 Å². The van der Waals surface area contributed by atoms with E-state index in [9.17, 15) is 4.79 Å². The minimum absolute atomic E-state index is 0.115. The van der Waals surface area contributed by atoms with Crippen molar-refractivity contribution in [3.8, 4) is 0 Å². The Kier molecular flexibility index (Phi) is 4.21. The van der Waals surface area contributed by atoms with Crippen molar-refractivity contribution in [1.29, 1.82) is 0 Å². The molecule has 100 valence electrons. The fourth-order valence-corrected chi connectivity index (χ4v) is 2.93. The lowest BCUT2D eigenvalue weighted by atomic mass is 10.2. The quantitative estimate of drug-likeness (QED) is 0.810. The monoisotopic (exact) mass is 268 g/mol. The summed E-state index contributed by atoms with van der Waals surface area (Å²) in [6.45, 7) is 5.91. The number of Topliss-reactive ketones (excluding diaryl/α,β-unsaturated/α-hetero) is 1. The van der Waals surface area contributed by atoms with E-state index in [0.717, 1.165) is 31.2 Å². The molecule has 2 rings (SSSR count). The van der Waals surface area contributed by atoms with Gasteiger partial charge < -0.3 is 16.1 Å². The molecule has 0 aliphatic carbocycles. The van der Waals surface area contributed by atoms with Crippen molar-refractivity contribution in [1.82, 2.24) is 9.91 Å². The number of nitrogens with one attached hydrogen (secondary N) is 1. The lowest BCUT2D eigenvalue weighted by Gasteiger charge is -2.32. The maximum atomic E-state index is 11.7. The Morgan fingerprint density at radius 3 is 2.72 bits per heavy atom. The highest BCUT2D eigenvalue weighted by Gasteiger charge is 2.17. The molecule has 0 spiro atoms. The van der Waals surface area contributed by atoms with Crippen LogP contribution in [0.5, 0.6) is 0 Å². The third-order valence-electron chi connectivity index (χ3n) is 3.11. The zero-order valence-electron chi connectivity index (χ0n) is 10.9.